The Balaban J connectivity index is 2.07. The number of carbonyl (C=O) groups is 3. The highest BCUT2D eigenvalue weighted by Crippen LogP contribution is 2.04. The standard InChI is InChI=1S/C16H14N4O3/c21-12-11-20(16(23)19-14-6-2-4-10-18-14)15(22)8-7-13-5-1-3-9-17-13/h1-10,12H,11H2,(H,18,19,23). The van der Waals surface area contributed by atoms with Gasteiger partial charge in [0.05, 0.1) is 12.2 Å². The summed E-state index contributed by atoms with van der Waals surface area (Å²) in [5.41, 5.74) is 0.567. The topological polar surface area (TPSA) is 92.3 Å². The molecule has 0 bridgehead atoms. The maximum atomic E-state index is 12.1. The summed E-state index contributed by atoms with van der Waals surface area (Å²) in [6.45, 7) is -0.357. The van der Waals surface area contributed by atoms with Crippen LogP contribution in [0.3, 0.4) is 0 Å². The fourth-order valence-electron chi connectivity index (χ4n) is 1.68. The van der Waals surface area contributed by atoms with E-state index in [0.717, 1.165) is 4.90 Å². The third-order valence-corrected chi connectivity index (χ3v) is 2.75. The van der Waals surface area contributed by atoms with Crippen molar-refractivity contribution >= 4 is 30.1 Å². The van der Waals surface area contributed by atoms with Gasteiger partial charge in [-0.15, -0.1) is 0 Å². The van der Waals surface area contributed by atoms with Crippen LogP contribution in [0.4, 0.5) is 10.6 Å². The van der Waals surface area contributed by atoms with Crippen LogP contribution >= 0.6 is 0 Å². The van der Waals surface area contributed by atoms with E-state index in [-0.39, 0.29) is 12.4 Å². The monoisotopic (exact) mass is 310 g/mol. The number of hydrogen-bond acceptors (Lipinski definition) is 5. The third-order valence-electron chi connectivity index (χ3n) is 2.75. The average Bonchev–Trinajstić information content (AvgIpc) is 2.59. The Labute approximate surface area is 132 Å². The van der Waals surface area contributed by atoms with Gasteiger partial charge in [-0.25, -0.2) is 9.78 Å². The number of carbonyl (C=O) groups excluding carboxylic acids is 3. The number of nitrogens with one attached hydrogen (secondary N) is 1. The van der Waals surface area contributed by atoms with Gasteiger partial charge >= 0.3 is 6.03 Å². The van der Waals surface area contributed by atoms with Gasteiger partial charge in [0.15, 0.2) is 0 Å². The van der Waals surface area contributed by atoms with Gasteiger partial charge in [0.1, 0.15) is 12.1 Å². The van der Waals surface area contributed by atoms with E-state index in [4.69, 9.17) is 0 Å². The van der Waals surface area contributed by atoms with E-state index in [1.165, 1.54) is 18.3 Å². The number of rotatable bonds is 5. The molecule has 3 amide bonds. The van der Waals surface area contributed by atoms with E-state index in [1.807, 2.05) is 0 Å². The first-order chi connectivity index (χ1) is 11.2. The van der Waals surface area contributed by atoms with Crippen molar-refractivity contribution in [3.05, 3.63) is 60.6 Å². The number of amides is 3. The maximum Gasteiger partial charge on any atom is 0.330 e. The lowest BCUT2D eigenvalue weighted by Gasteiger charge is -2.16. The maximum absolute atomic E-state index is 12.1. The van der Waals surface area contributed by atoms with Crippen molar-refractivity contribution in [2.45, 2.75) is 0 Å². The largest absolute Gasteiger partial charge is 0.330 e. The molecule has 7 nitrogen and oxygen atoms in total. The minimum atomic E-state index is -0.730. The van der Waals surface area contributed by atoms with Crippen molar-refractivity contribution in [2.75, 3.05) is 11.9 Å². The lowest BCUT2D eigenvalue weighted by Crippen LogP contribution is -2.40. The molecular formula is C16H14N4O3. The number of nitrogens with zero attached hydrogens (tertiary/aromatic N) is 3. The predicted molar refractivity (Wildman–Crippen MR) is 84.3 cm³/mol. The molecule has 2 rings (SSSR count). The second-order valence-electron chi connectivity index (χ2n) is 4.35. The highest BCUT2D eigenvalue weighted by molar-refractivity contribution is 6.07. The van der Waals surface area contributed by atoms with Gasteiger partial charge in [-0.2, -0.15) is 0 Å². The van der Waals surface area contributed by atoms with E-state index >= 15 is 0 Å². The normalized spacial score (nSPS) is 10.3. The molecule has 116 valence electrons. The fraction of sp³-hybridized carbons (Fsp3) is 0.0625. The molecular weight excluding hydrogens is 296 g/mol. The highest BCUT2D eigenvalue weighted by Gasteiger charge is 2.19. The van der Waals surface area contributed by atoms with E-state index in [2.05, 4.69) is 15.3 Å². The number of imide groups is 1. The van der Waals surface area contributed by atoms with Gasteiger partial charge in [0.2, 0.25) is 0 Å². The second-order valence-corrected chi connectivity index (χ2v) is 4.35. The van der Waals surface area contributed by atoms with Crippen molar-refractivity contribution < 1.29 is 14.4 Å². The molecule has 0 aliphatic heterocycles. The summed E-state index contributed by atoms with van der Waals surface area (Å²) in [7, 11) is 0. The Kier molecular flexibility index (Phi) is 5.70. The van der Waals surface area contributed by atoms with Crippen LogP contribution in [0, 0.1) is 0 Å². The summed E-state index contributed by atoms with van der Waals surface area (Å²) in [6.07, 6.45) is 6.21. The van der Waals surface area contributed by atoms with E-state index in [0.29, 0.717) is 12.0 Å². The quantitative estimate of drug-likeness (QED) is 0.671. The van der Waals surface area contributed by atoms with Gasteiger partial charge in [-0.05, 0) is 30.3 Å². The number of aromatic nitrogens is 2. The molecule has 2 heterocycles. The summed E-state index contributed by atoms with van der Waals surface area (Å²) in [4.78, 5) is 43.7. The van der Waals surface area contributed by atoms with Gasteiger partial charge in [-0.1, -0.05) is 12.1 Å². The number of pyridine rings is 2. The molecule has 0 saturated heterocycles. The van der Waals surface area contributed by atoms with Crippen LogP contribution in [0.15, 0.2) is 54.9 Å². The van der Waals surface area contributed by atoms with Crippen LogP contribution in [0.2, 0.25) is 0 Å². The van der Waals surface area contributed by atoms with Gasteiger partial charge in [-0.3, -0.25) is 20.0 Å². The summed E-state index contributed by atoms with van der Waals surface area (Å²) >= 11 is 0. The molecule has 2 aromatic rings. The lowest BCUT2D eigenvalue weighted by atomic mass is 10.3. The third kappa shape index (κ3) is 4.85. The molecule has 0 spiro atoms. The summed E-state index contributed by atoms with van der Waals surface area (Å²) in [5, 5.41) is 2.45. The number of anilines is 1. The molecule has 1 N–H and O–H groups in total. The van der Waals surface area contributed by atoms with Crippen LogP contribution < -0.4 is 5.32 Å². The Bertz CT molecular complexity index is 702. The predicted octanol–water partition coefficient (Wildman–Crippen LogP) is 1.75. The zero-order valence-electron chi connectivity index (χ0n) is 12.1. The fourth-order valence-corrected chi connectivity index (χ4v) is 1.68. The molecule has 0 aromatic carbocycles. The minimum absolute atomic E-state index is 0.287. The van der Waals surface area contributed by atoms with Crippen LogP contribution in [-0.4, -0.2) is 39.6 Å². The molecule has 0 radical (unpaired) electrons. The highest BCUT2D eigenvalue weighted by atomic mass is 16.2. The first-order valence-electron chi connectivity index (χ1n) is 6.77. The van der Waals surface area contributed by atoms with Crippen LogP contribution in [0.5, 0.6) is 0 Å². The molecule has 0 aliphatic carbocycles. The number of aldehydes is 1. The molecule has 23 heavy (non-hydrogen) atoms. The molecule has 2 aromatic heterocycles. The Morgan fingerprint density at radius 2 is 1.83 bits per heavy atom. The second kappa shape index (κ2) is 8.18. The molecule has 0 aliphatic rings. The minimum Gasteiger partial charge on any atom is -0.301 e. The van der Waals surface area contributed by atoms with Gasteiger partial charge in [0.25, 0.3) is 5.91 Å². The van der Waals surface area contributed by atoms with Crippen LogP contribution in [0.1, 0.15) is 5.69 Å². The van der Waals surface area contributed by atoms with Crippen molar-refractivity contribution in [1.29, 1.82) is 0 Å². The summed E-state index contributed by atoms with van der Waals surface area (Å²) in [5.74, 6) is -0.342. The first kappa shape index (κ1) is 16.0. The molecule has 0 saturated carbocycles. The van der Waals surface area contributed by atoms with Gasteiger partial charge in [0, 0.05) is 18.5 Å². The van der Waals surface area contributed by atoms with E-state index in [1.54, 1.807) is 42.6 Å². The first-order valence-corrected chi connectivity index (χ1v) is 6.77. The zero-order valence-corrected chi connectivity index (χ0v) is 12.1. The van der Waals surface area contributed by atoms with Crippen molar-refractivity contribution in [3.8, 4) is 0 Å². The Morgan fingerprint density at radius 1 is 1.09 bits per heavy atom. The zero-order chi connectivity index (χ0) is 16.5. The van der Waals surface area contributed by atoms with Crippen molar-refractivity contribution in [2.24, 2.45) is 0 Å². The SMILES string of the molecule is O=CCN(C(=O)C=Cc1ccccn1)C(=O)Nc1ccccn1. The molecule has 0 unspecified atom stereocenters. The van der Waals surface area contributed by atoms with E-state index < -0.39 is 11.9 Å². The van der Waals surface area contributed by atoms with Gasteiger partial charge < -0.3 is 4.79 Å². The molecule has 0 fully saturated rings. The van der Waals surface area contributed by atoms with Crippen molar-refractivity contribution in [1.82, 2.24) is 14.9 Å². The van der Waals surface area contributed by atoms with Crippen LogP contribution in [0.25, 0.3) is 6.08 Å². The van der Waals surface area contributed by atoms with Crippen molar-refractivity contribution in [3.63, 3.8) is 0 Å². The Morgan fingerprint density at radius 3 is 2.43 bits per heavy atom. The average molecular weight is 310 g/mol. The lowest BCUT2D eigenvalue weighted by molar-refractivity contribution is -0.125. The Hall–Kier alpha value is -3.35. The summed E-state index contributed by atoms with van der Waals surface area (Å²) in [6, 6.07) is 9.46. The van der Waals surface area contributed by atoms with Crippen LogP contribution in [-0.2, 0) is 9.59 Å². The smallest absolute Gasteiger partial charge is 0.301 e. The molecule has 7 heteroatoms. The number of hydrogen-bond donors (Lipinski definition) is 1. The van der Waals surface area contributed by atoms with E-state index in [9.17, 15) is 14.4 Å². The number of urea groups is 1. The summed E-state index contributed by atoms with van der Waals surface area (Å²) < 4.78 is 0. The molecule has 0 atom stereocenters.